The fourth-order valence-corrected chi connectivity index (χ4v) is 2.74. The molecule has 1 aromatic heterocycles. The summed E-state index contributed by atoms with van der Waals surface area (Å²) in [6.45, 7) is 0. The van der Waals surface area contributed by atoms with Gasteiger partial charge in [-0.1, -0.05) is 10.5 Å². The molecule has 3 nitrogen and oxygen atoms in total. The second-order valence-electron chi connectivity index (χ2n) is 4.21. The summed E-state index contributed by atoms with van der Waals surface area (Å²) in [6, 6.07) is 5.17. The number of nitrogens with zero attached hydrogens (tertiary/aromatic N) is 2. The molecule has 1 fully saturated rings. The van der Waals surface area contributed by atoms with E-state index < -0.39 is 17.3 Å². The normalized spacial score (nSPS) is 21.5. The van der Waals surface area contributed by atoms with E-state index in [0.717, 1.165) is 0 Å². The Hall–Kier alpha value is -0.530. The standard InChI is InChI=1S/C11H11BrF2N2OS/c1-18(17)16-10(7-5-11(13,14)6-7)8-3-2-4-9(12)15-8/h2-4,7H,5-6H2,1H3/b16-10+/t18-/m1/s1. The second-order valence-corrected chi connectivity index (χ2v) is 6.05. The highest BCUT2D eigenvalue weighted by Crippen LogP contribution is 2.44. The largest absolute Gasteiger partial charge is 0.591 e. The highest BCUT2D eigenvalue weighted by Gasteiger charge is 2.48. The predicted octanol–water partition coefficient (Wildman–Crippen LogP) is 2.97. The van der Waals surface area contributed by atoms with Crippen LogP contribution in [-0.4, -0.2) is 27.4 Å². The van der Waals surface area contributed by atoms with Crippen molar-refractivity contribution >= 4 is 33.0 Å². The summed E-state index contributed by atoms with van der Waals surface area (Å²) in [5.41, 5.74) is 0.906. The molecular weight excluding hydrogens is 326 g/mol. The van der Waals surface area contributed by atoms with Crippen molar-refractivity contribution in [3.05, 3.63) is 28.5 Å². The molecular formula is C11H11BrF2N2OS. The quantitative estimate of drug-likeness (QED) is 0.484. The number of halogens is 3. The summed E-state index contributed by atoms with van der Waals surface area (Å²) in [5, 5.41) is 0. The minimum absolute atomic E-state index is 0.253. The van der Waals surface area contributed by atoms with E-state index in [2.05, 4.69) is 25.3 Å². The molecule has 0 N–H and O–H groups in total. The first-order valence-electron chi connectivity index (χ1n) is 5.30. The lowest BCUT2D eigenvalue weighted by Crippen LogP contribution is -2.40. The molecule has 1 heterocycles. The summed E-state index contributed by atoms with van der Waals surface area (Å²) in [5.74, 6) is -3.00. The molecule has 7 heteroatoms. The summed E-state index contributed by atoms with van der Waals surface area (Å²) in [6.07, 6.45) is 0.906. The lowest BCUT2D eigenvalue weighted by molar-refractivity contribution is -0.0907. The molecule has 1 atom stereocenters. The zero-order valence-electron chi connectivity index (χ0n) is 9.57. The lowest BCUT2D eigenvalue weighted by atomic mass is 9.77. The molecule has 1 aliphatic carbocycles. The first kappa shape index (κ1) is 13.9. The summed E-state index contributed by atoms with van der Waals surface area (Å²) in [7, 11) is 0. The molecule has 18 heavy (non-hydrogen) atoms. The fourth-order valence-electron chi connectivity index (χ4n) is 1.87. The van der Waals surface area contributed by atoms with Crippen molar-refractivity contribution in [3.8, 4) is 0 Å². The molecule has 0 saturated heterocycles. The van der Waals surface area contributed by atoms with Crippen molar-refractivity contribution in [1.82, 2.24) is 4.98 Å². The van der Waals surface area contributed by atoms with Crippen LogP contribution in [0, 0.1) is 5.92 Å². The highest BCUT2D eigenvalue weighted by atomic mass is 79.9. The van der Waals surface area contributed by atoms with Gasteiger partial charge >= 0.3 is 0 Å². The Labute approximate surface area is 115 Å². The molecule has 0 radical (unpaired) electrons. The molecule has 0 unspecified atom stereocenters. The van der Waals surface area contributed by atoms with Crippen LogP contribution in [0.25, 0.3) is 0 Å². The van der Waals surface area contributed by atoms with Gasteiger partial charge in [0.15, 0.2) is 0 Å². The lowest BCUT2D eigenvalue weighted by Gasteiger charge is -2.34. The zero-order valence-corrected chi connectivity index (χ0v) is 12.0. The van der Waals surface area contributed by atoms with Gasteiger partial charge in [-0.2, -0.15) is 0 Å². The van der Waals surface area contributed by atoms with Crippen molar-refractivity contribution in [3.63, 3.8) is 0 Å². The molecule has 0 aliphatic heterocycles. The van der Waals surface area contributed by atoms with Crippen LogP contribution in [0.5, 0.6) is 0 Å². The van der Waals surface area contributed by atoms with Crippen LogP contribution in [-0.2, 0) is 11.4 Å². The summed E-state index contributed by atoms with van der Waals surface area (Å²) < 4.78 is 41.6. The van der Waals surface area contributed by atoms with Crippen LogP contribution >= 0.6 is 15.9 Å². The highest BCUT2D eigenvalue weighted by molar-refractivity contribution is 9.10. The van der Waals surface area contributed by atoms with Crippen molar-refractivity contribution in [2.75, 3.05) is 6.26 Å². The number of alkyl halides is 2. The van der Waals surface area contributed by atoms with Gasteiger partial charge in [-0.3, -0.25) is 0 Å². The molecule has 0 bridgehead atoms. The van der Waals surface area contributed by atoms with Crippen molar-refractivity contribution in [2.45, 2.75) is 18.8 Å². The molecule has 0 amide bonds. The average molecular weight is 337 g/mol. The molecule has 98 valence electrons. The van der Waals surface area contributed by atoms with E-state index >= 15 is 0 Å². The van der Waals surface area contributed by atoms with Crippen molar-refractivity contribution in [2.24, 2.45) is 10.3 Å². The smallest absolute Gasteiger partial charge is 0.249 e. The van der Waals surface area contributed by atoms with Gasteiger partial charge in [0.2, 0.25) is 5.92 Å². The van der Waals surface area contributed by atoms with Crippen molar-refractivity contribution < 1.29 is 13.3 Å². The van der Waals surface area contributed by atoms with E-state index in [4.69, 9.17) is 0 Å². The number of hydrogen-bond acceptors (Lipinski definition) is 3. The van der Waals surface area contributed by atoms with Gasteiger partial charge in [0.05, 0.1) is 17.1 Å². The van der Waals surface area contributed by atoms with E-state index in [1.807, 2.05) is 0 Å². The van der Waals surface area contributed by atoms with Gasteiger partial charge in [0.25, 0.3) is 0 Å². The first-order chi connectivity index (χ1) is 8.37. The topological polar surface area (TPSA) is 48.3 Å². The van der Waals surface area contributed by atoms with Crippen molar-refractivity contribution in [1.29, 1.82) is 0 Å². The van der Waals surface area contributed by atoms with Crippen LogP contribution in [0.4, 0.5) is 8.78 Å². The third kappa shape index (κ3) is 3.27. The molecule has 0 aromatic carbocycles. The van der Waals surface area contributed by atoms with Gasteiger partial charge in [-0.25, -0.2) is 13.8 Å². The van der Waals surface area contributed by atoms with Gasteiger partial charge in [0, 0.05) is 18.8 Å². The summed E-state index contributed by atoms with van der Waals surface area (Å²) in [4.78, 5) is 4.18. The monoisotopic (exact) mass is 336 g/mol. The van der Waals surface area contributed by atoms with E-state index in [0.29, 0.717) is 16.0 Å². The third-order valence-corrected chi connectivity index (χ3v) is 3.58. The van der Waals surface area contributed by atoms with Gasteiger partial charge in [0.1, 0.15) is 16.6 Å². The van der Waals surface area contributed by atoms with E-state index in [-0.39, 0.29) is 18.8 Å². The Balaban J connectivity index is 2.27. The van der Waals surface area contributed by atoms with Gasteiger partial charge in [-0.15, -0.1) is 0 Å². The SMILES string of the molecule is C[S@@+]([O-])/N=C(/c1cccc(Br)n1)C1CC(F)(F)C1. The molecule has 2 rings (SSSR count). The second kappa shape index (κ2) is 5.22. The third-order valence-electron chi connectivity index (χ3n) is 2.68. The molecule has 1 aromatic rings. The van der Waals surface area contributed by atoms with Gasteiger partial charge in [-0.05, 0) is 28.1 Å². The van der Waals surface area contributed by atoms with E-state index in [9.17, 15) is 13.3 Å². The molecule has 1 saturated carbocycles. The Morgan fingerprint density at radius 1 is 1.56 bits per heavy atom. The molecule has 0 spiro atoms. The number of hydrogen-bond donors (Lipinski definition) is 0. The minimum atomic E-state index is -2.63. The van der Waals surface area contributed by atoms with Crippen LogP contribution in [0.2, 0.25) is 0 Å². The Bertz CT molecular complexity index is 474. The van der Waals surface area contributed by atoms with Crippen LogP contribution in [0.1, 0.15) is 18.5 Å². The Morgan fingerprint density at radius 2 is 2.22 bits per heavy atom. The van der Waals surface area contributed by atoms with E-state index in [1.54, 1.807) is 18.2 Å². The minimum Gasteiger partial charge on any atom is -0.591 e. The Morgan fingerprint density at radius 3 is 2.72 bits per heavy atom. The Kier molecular flexibility index (Phi) is 4.03. The van der Waals surface area contributed by atoms with Crippen LogP contribution < -0.4 is 0 Å². The van der Waals surface area contributed by atoms with Crippen LogP contribution in [0.3, 0.4) is 0 Å². The fraction of sp³-hybridized carbons (Fsp3) is 0.455. The zero-order chi connectivity index (χ0) is 13.3. The maximum Gasteiger partial charge on any atom is 0.249 e. The average Bonchev–Trinajstić information content (AvgIpc) is 2.22. The molecule has 1 aliphatic rings. The maximum atomic E-state index is 12.9. The first-order valence-corrected chi connectivity index (χ1v) is 7.61. The van der Waals surface area contributed by atoms with E-state index in [1.165, 1.54) is 6.26 Å². The number of rotatable bonds is 3. The summed E-state index contributed by atoms with van der Waals surface area (Å²) >= 11 is 1.79. The predicted molar refractivity (Wildman–Crippen MR) is 70.2 cm³/mol. The van der Waals surface area contributed by atoms with Gasteiger partial charge < -0.3 is 4.55 Å². The number of pyridine rings is 1. The maximum absolute atomic E-state index is 12.9. The number of aromatic nitrogens is 1. The van der Waals surface area contributed by atoms with Crippen LogP contribution in [0.15, 0.2) is 27.2 Å².